The minimum atomic E-state index is -0.872. The summed E-state index contributed by atoms with van der Waals surface area (Å²) in [6, 6.07) is 13.4. The molecule has 26 heavy (non-hydrogen) atoms. The number of esters is 1. The Morgan fingerprint density at radius 2 is 1.69 bits per heavy atom. The van der Waals surface area contributed by atoms with Gasteiger partial charge in [-0.05, 0) is 38.1 Å². The molecule has 0 aliphatic carbocycles. The number of benzene rings is 2. The van der Waals surface area contributed by atoms with Gasteiger partial charge >= 0.3 is 5.97 Å². The number of carbonyl (C=O) groups is 2. The maximum atomic E-state index is 12.1. The summed E-state index contributed by atoms with van der Waals surface area (Å²) >= 11 is 0. The Hall–Kier alpha value is -3.41. The van der Waals surface area contributed by atoms with Crippen LogP contribution < -0.4 is 10.7 Å². The average Bonchev–Trinajstić information content (AvgIpc) is 2.62. The van der Waals surface area contributed by atoms with Gasteiger partial charge < -0.3 is 14.5 Å². The van der Waals surface area contributed by atoms with E-state index in [-0.39, 0.29) is 11.2 Å². The van der Waals surface area contributed by atoms with E-state index in [2.05, 4.69) is 5.32 Å². The smallest absolute Gasteiger partial charge is 0.374 e. The largest absolute Gasteiger partial charge is 0.450 e. The number of hydrogen-bond acceptors (Lipinski definition) is 5. The summed E-state index contributed by atoms with van der Waals surface area (Å²) in [5, 5.41) is 3.00. The third kappa shape index (κ3) is 3.97. The molecule has 0 saturated carbocycles. The zero-order valence-corrected chi connectivity index (χ0v) is 14.4. The fourth-order valence-electron chi connectivity index (χ4n) is 2.41. The van der Waals surface area contributed by atoms with E-state index in [1.807, 2.05) is 26.0 Å². The predicted octanol–water partition coefficient (Wildman–Crippen LogP) is 3.21. The van der Waals surface area contributed by atoms with Crippen LogP contribution in [-0.2, 0) is 9.53 Å². The zero-order valence-electron chi connectivity index (χ0n) is 14.4. The molecule has 0 aliphatic rings. The molecule has 1 heterocycles. The number of amides is 1. The molecule has 0 fully saturated rings. The molecular weight excluding hydrogens is 334 g/mol. The summed E-state index contributed by atoms with van der Waals surface area (Å²) in [6.45, 7) is 3.31. The molecule has 6 heteroatoms. The van der Waals surface area contributed by atoms with Crippen molar-refractivity contribution in [3.8, 4) is 0 Å². The van der Waals surface area contributed by atoms with Gasteiger partial charge in [-0.1, -0.05) is 29.3 Å². The van der Waals surface area contributed by atoms with Crippen molar-refractivity contribution in [3.63, 3.8) is 0 Å². The molecule has 1 amide bonds. The molecule has 0 bridgehead atoms. The molecule has 3 aromatic rings. The van der Waals surface area contributed by atoms with Crippen molar-refractivity contribution in [2.75, 3.05) is 11.9 Å². The predicted molar refractivity (Wildman–Crippen MR) is 97.3 cm³/mol. The second-order valence-corrected chi connectivity index (χ2v) is 5.96. The first-order valence-electron chi connectivity index (χ1n) is 8.00. The highest BCUT2D eigenvalue weighted by atomic mass is 16.5. The molecule has 0 aliphatic heterocycles. The van der Waals surface area contributed by atoms with Crippen LogP contribution in [0.3, 0.4) is 0 Å². The molecule has 132 valence electrons. The summed E-state index contributed by atoms with van der Waals surface area (Å²) in [6.07, 6.45) is 0. The molecule has 1 N–H and O–H groups in total. The second kappa shape index (κ2) is 7.23. The van der Waals surface area contributed by atoms with Crippen molar-refractivity contribution in [1.29, 1.82) is 0 Å². The van der Waals surface area contributed by atoms with Crippen LogP contribution in [0.15, 0.2) is 57.7 Å². The fraction of sp³-hybridized carbons (Fsp3) is 0.150. The number of aryl methyl sites for hydroxylation is 2. The van der Waals surface area contributed by atoms with Crippen LogP contribution in [0, 0.1) is 13.8 Å². The van der Waals surface area contributed by atoms with Crippen molar-refractivity contribution >= 4 is 28.5 Å². The number of fused-ring (bicyclic) bond motifs is 1. The van der Waals surface area contributed by atoms with E-state index in [4.69, 9.17) is 9.15 Å². The highest BCUT2D eigenvalue weighted by Gasteiger charge is 2.15. The van der Waals surface area contributed by atoms with E-state index >= 15 is 0 Å². The zero-order chi connectivity index (χ0) is 18.7. The van der Waals surface area contributed by atoms with Gasteiger partial charge in [-0.2, -0.15) is 0 Å². The van der Waals surface area contributed by atoms with Crippen LogP contribution >= 0.6 is 0 Å². The lowest BCUT2D eigenvalue weighted by molar-refractivity contribution is -0.119. The topological polar surface area (TPSA) is 85.6 Å². The summed E-state index contributed by atoms with van der Waals surface area (Å²) in [5.74, 6) is -1.60. The standard InChI is InChI=1S/C20H17NO5/c1-12-3-6-14(7-4-12)21-19(23)11-25-20(24)18-10-16(22)15-9-13(2)5-8-17(15)26-18/h3-10H,11H2,1-2H3,(H,21,23). The number of ether oxygens (including phenoxy) is 1. The maximum absolute atomic E-state index is 12.1. The van der Waals surface area contributed by atoms with Gasteiger partial charge in [0, 0.05) is 11.8 Å². The van der Waals surface area contributed by atoms with E-state index in [1.165, 1.54) is 0 Å². The molecule has 2 aromatic carbocycles. The van der Waals surface area contributed by atoms with Crippen molar-refractivity contribution in [1.82, 2.24) is 0 Å². The Morgan fingerprint density at radius 1 is 1.00 bits per heavy atom. The average molecular weight is 351 g/mol. The molecule has 0 unspecified atom stereocenters. The number of anilines is 1. The van der Waals surface area contributed by atoms with Crippen molar-refractivity contribution in [2.24, 2.45) is 0 Å². The highest BCUT2D eigenvalue weighted by Crippen LogP contribution is 2.15. The minimum absolute atomic E-state index is 0.241. The monoisotopic (exact) mass is 351 g/mol. The number of rotatable bonds is 4. The summed E-state index contributed by atoms with van der Waals surface area (Å²) in [7, 11) is 0. The Bertz CT molecular complexity index is 1030. The van der Waals surface area contributed by atoms with E-state index in [0.717, 1.165) is 17.2 Å². The van der Waals surface area contributed by atoms with Crippen molar-refractivity contribution < 1.29 is 18.7 Å². The van der Waals surface area contributed by atoms with Gasteiger partial charge in [0.15, 0.2) is 12.0 Å². The first kappa shape index (κ1) is 17.4. The van der Waals surface area contributed by atoms with Crippen molar-refractivity contribution in [2.45, 2.75) is 13.8 Å². The lowest BCUT2D eigenvalue weighted by Gasteiger charge is -2.07. The van der Waals surface area contributed by atoms with E-state index in [9.17, 15) is 14.4 Å². The molecule has 0 saturated heterocycles. The van der Waals surface area contributed by atoms with Crippen LogP contribution in [-0.4, -0.2) is 18.5 Å². The molecule has 3 rings (SSSR count). The van der Waals surface area contributed by atoms with E-state index in [0.29, 0.717) is 16.7 Å². The molecule has 1 aromatic heterocycles. The van der Waals surface area contributed by atoms with Crippen LogP contribution in [0.4, 0.5) is 5.69 Å². The van der Waals surface area contributed by atoms with E-state index in [1.54, 1.807) is 30.3 Å². The van der Waals surface area contributed by atoms with Gasteiger partial charge in [0.1, 0.15) is 5.58 Å². The Morgan fingerprint density at radius 3 is 2.42 bits per heavy atom. The lowest BCUT2D eigenvalue weighted by atomic mass is 10.1. The van der Waals surface area contributed by atoms with Gasteiger partial charge in [-0.15, -0.1) is 0 Å². The van der Waals surface area contributed by atoms with Crippen LogP contribution in [0.2, 0.25) is 0 Å². The van der Waals surface area contributed by atoms with Crippen LogP contribution in [0.1, 0.15) is 21.7 Å². The Kier molecular flexibility index (Phi) is 4.84. The fourth-order valence-corrected chi connectivity index (χ4v) is 2.41. The Labute approximate surface area is 149 Å². The molecule has 0 radical (unpaired) electrons. The first-order valence-corrected chi connectivity index (χ1v) is 8.00. The molecule has 6 nitrogen and oxygen atoms in total. The van der Waals surface area contributed by atoms with E-state index < -0.39 is 18.5 Å². The number of carbonyl (C=O) groups excluding carboxylic acids is 2. The Balaban J connectivity index is 1.67. The first-order chi connectivity index (χ1) is 12.4. The maximum Gasteiger partial charge on any atom is 0.374 e. The minimum Gasteiger partial charge on any atom is -0.450 e. The molecular formula is C20H17NO5. The molecule has 0 atom stereocenters. The summed E-state index contributed by atoms with van der Waals surface area (Å²) < 4.78 is 10.3. The quantitative estimate of drug-likeness (QED) is 0.730. The molecule has 0 spiro atoms. The van der Waals surface area contributed by atoms with Gasteiger partial charge in [-0.25, -0.2) is 4.79 Å². The van der Waals surface area contributed by atoms with Gasteiger partial charge in [-0.3, -0.25) is 9.59 Å². The highest BCUT2D eigenvalue weighted by molar-refractivity contribution is 5.95. The van der Waals surface area contributed by atoms with Crippen LogP contribution in [0.25, 0.3) is 11.0 Å². The van der Waals surface area contributed by atoms with Crippen molar-refractivity contribution in [3.05, 3.63) is 75.6 Å². The number of nitrogens with one attached hydrogen (secondary N) is 1. The van der Waals surface area contributed by atoms with Crippen LogP contribution in [0.5, 0.6) is 0 Å². The van der Waals surface area contributed by atoms with Gasteiger partial charge in [0.05, 0.1) is 5.39 Å². The third-order valence-electron chi connectivity index (χ3n) is 3.75. The normalized spacial score (nSPS) is 10.5. The summed E-state index contributed by atoms with van der Waals surface area (Å²) in [5.41, 5.74) is 2.53. The SMILES string of the molecule is Cc1ccc(NC(=O)COC(=O)c2cc(=O)c3cc(C)ccc3o2)cc1. The lowest BCUT2D eigenvalue weighted by Crippen LogP contribution is -2.21. The second-order valence-electron chi connectivity index (χ2n) is 5.96. The van der Waals surface area contributed by atoms with Gasteiger partial charge in [0.2, 0.25) is 5.76 Å². The summed E-state index contributed by atoms with van der Waals surface area (Å²) in [4.78, 5) is 36.1. The van der Waals surface area contributed by atoms with Gasteiger partial charge in [0.25, 0.3) is 5.91 Å². The number of hydrogen-bond donors (Lipinski definition) is 1. The third-order valence-corrected chi connectivity index (χ3v) is 3.75.